The fourth-order valence-corrected chi connectivity index (χ4v) is 2.47. The van der Waals surface area contributed by atoms with Crippen molar-refractivity contribution in [3.05, 3.63) is 75.1 Å². The molecule has 0 atom stereocenters. The SMILES string of the molecule is Cc1cc(=O)oc2c(C(=O)c3cccc(C#N)c3)c(O)ccc12. The molecule has 0 aliphatic heterocycles. The third-order valence-corrected chi connectivity index (χ3v) is 3.58. The number of phenols is 1. The Morgan fingerprint density at radius 1 is 1.22 bits per heavy atom. The summed E-state index contributed by atoms with van der Waals surface area (Å²) in [5.74, 6) is -0.794. The van der Waals surface area contributed by atoms with Crippen molar-refractivity contribution < 1.29 is 14.3 Å². The molecule has 3 rings (SSSR count). The number of ketones is 1. The van der Waals surface area contributed by atoms with Crippen LogP contribution >= 0.6 is 0 Å². The summed E-state index contributed by atoms with van der Waals surface area (Å²) in [5.41, 5.74) is 0.571. The summed E-state index contributed by atoms with van der Waals surface area (Å²) >= 11 is 0. The average Bonchev–Trinajstić information content (AvgIpc) is 2.54. The van der Waals surface area contributed by atoms with E-state index in [0.717, 1.165) is 0 Å². The molecular weight excluding hydrogens is 294 g/mol. The Morgan fingerprint density at radius 3 is 2.74 bits per heavy atom. The minimum absolute atomic E-state index is 0.0439. The van der Waals surface area contributed by atoms with Crippen molar-refractivity contribution in [1.82, 2.24) is 0 Å². The van der Waals surface area contributed by atoms with Crippen LogP contribution in [0.4, 0.5) is 0 Å². The van der Waals surface area contributed by atoms with Gasteiger partial charge in [-0.15, -0.1) is 0 Å². The van der Waals surface area contributed by atoms with Crippen LogP contribution < -0.4 is 5.63 Å². The Labute approximate surface area is 131 Å². The Kier molecular flexibility index (Phi) is 3.43. The van der Waals surface area contributed by atoms with Crippen molar-refractivity contribution >= 4 is 16.8 Å². The first-order valence-electron chi connectivity index (χ1n) is 6.82. The van der Waals surface area contributed by atoms with E-state index in [0.29, 0.717) is 16.5 Å². The second kappa shape index (κ2) is 5.43. The van der Waals surface area contributed by atoms with Crippen molar-refractivity contribution in [2.24, 2.45) is 0 Å². The zero-order valence-electron chi connectivity index (χ0n) is 12.2. The summed E-state index contributed by atoms with van der Waals surface area (Å²) in [6.07, 6.45) is 0. The minimum Gasteiger partial charge on any atom is -0.507 e. The maximum atomic E-state index is 12.7. The van der Waals surface area contributed by atoms with Crippen molar-refractivity contribution in [2.75, 3.05) is 0 Å². The fraction of sp³-hybridized carbons (Fsp3) is 0.0556. The van der Waals surface area contributed by atoms with Gasteiger partial charge in [0.05, 0.1) is 11.6 Å². The van der Waals surface area contributed by atoms with Crippen molar-refractivity contribution in [3.8, 4) is 11.8 Å². The molecule has 0 fully saturated rings. The minimum atomic E-state index is -0.597. The lowest BCUT2D eigenvalue weighted by molar-refractivity contribution is 0.103. The second-order valence-corrected chi connectivity index (χ2v) is 5.11. The number of hydrogen-bond acceptors (Lipinski definition) is 5. The van der Waals surface area contributed by atoms with Gasteiger partial charge in [0.1, 0.15) is 11.3 Å². The molecule has 1 N–H and O–H groups in total. The van der Waals surface area contributed by atoms with Crippen LogP contribution in [-0.4, -0.2) is 10.9 Å². The first kappa shape index (κ1) is 14.5. The molecule has 0 aliphatic carbocycles. The molecule has 112 valence electrons. The second-order valence-electron chi connectivity index (χ2n) is 5.11. The maximum Gasteiger partial charge on any atom is 0.336 e. The van der Waals surface area contributed by atoms with E-state index in [1.54, 1.807) is 25.1 Å². The third kappa shape index (κ3) is 2.47. The summed E-state index contributed by atoms with van der Waals surface area (Å²) in [5, 5.41) is 19.6. The highest BCUT2D eigenvalue weighted by molar-refractivity contribution is 6.17. The number of carbonyl (C=O) groups is 1. The largest absolute Gasteiger partial charge is 0.507 e. The third-order valence-electron chi connectivity index (χ3n) is 3.58. The van der Waals surface area contributed by atoms with Gasteiger partial charge in [-0.05, 0) is 36.8 Å². The molecule has 2 aromatic carbocycles. The van der Waals surface area contributed by atoms with Crippen LogP contribution in [0.5, 0.6) is 5.75 Å². The van der Waals surface area contributed by atoms with Crippen LogP contribution in [0, 0.1) is 18.3 Å². The van der Waals surface area contributed by atoms with Gasteiger partial charge in [-0.3, -0.25) is 4.79 Å². The predicted molar refractivity (Wildman–Crippen MR) is 83.5 cm³/mol. The molecule has 1 heterocycles. The lowest BCUT2D eigenvalue weighted by atomic mass is 9.98. The number of aromatic hydroxyl groups is 1. The van der Waals surface area contributed by atoms with Crippen molar-refractivity contribution in [1.29, 1.82) is 5.26 Å². The van der Waals surface area contributed by atoms with Gasteiger partial charge in [-0.2, -0.15) is 5.26 Å². The predicted octanol–water partition coefficient (Wildman–Crippen LogP) is 2.91. The number of benzene rings is 2. The van der Waals surface area contributed by atoms with E-state index in [2.05, 4.69) is 0 Å². The molecule has 3 aromatic rings. The molecule has 0 spiro atoms. The summed E-state index contributed by atoms with van der Waals surface area (Å²) in [6, 6.07) is 12.4. The molecule has 0 aliphatic rings. The summed E-state index contributed by atoms with van der Waals surface area (Å²) in [4.78, 5) is 24.4. The average molecular weight is 305 g/mol. The highest BCUT2D eigenvalue weighted by Crippen LogP contribution is 2.30. The van der Waals surface area contributed by atoms with Gasteiger partial charge >= 0.3 is 5.63 Å². The van der Waals surface area contributed by atoms with Crippen LogP contribution in [0.1, 0.15) is 27.0 Å². The Hall–Kier alpha value is -3.39. The molecule has 5 heteroatoms. The summed E-state index contributed by atoms with van der Waals surface area (Å²) in [6.45, 7) is 1.72. The summed E-state index contributed by atoms with van der Waals surface area (Å²) < 4.78 is 5.15. The van der Waals surface area contributed by atoms with E-state index in [9.17, 15) is 14.7 Å². The molecule has 0 saturated heterocycles. The van der Waals surface area contributed by atoms with Crippen molar-refractivity contribution in [3.63, 3.8) is 0 Å². The molecule has 0 unspecified atom stereocenters. The number of rotatable bonds is 2. The lowest BCUT2D eigenvalue weighted by Gasteiger charge is -2.08. The van der Waals surface area contributed by atoms with Gasteiger partial charge in [0.2, 0.25) is 5.78 Å². The Balaban J connectivity index is 2.31. The smallest absolute Gasteiger partial charge is 0.336 e. The fourth-order valence-electron chi connectivity index (χ4n) is 2.47. The van der Waals surface area contributed by atoms with Crippen LogP contribution in [0.25, 0.3) is 11.0 Å². The van der Waals surface area contributed by atoms with E-state index in [1.165, 1.54) is 24.3 Å². The lowest BCUT2D eigenvalue weighted by Crippen LogP contribution is -2.06. The van der Waals surface area contributed by atoms with Crippen LogP contribution in [0.3, 0.4) is 0 Å². The van der Waals surface area contributed by atoms with Gasteiger partial charge in [0.25, 0.3) is 0 Å². The molecule has 5 nitrogen and oxygen atoms in total. The molecule has 0 bridgehead atoms. The molecule has 0 amide bonds. The van der Waals surface area contributed by atoms with E-state index >= 15 is 0 Å². The number of hydrogen-bond donors (Lipinski definition) is 1. The topological polar surface area (TPSA) is 91.3 Å². The zero-order chi connectivity index (χ0) is 16.6. The van der Waals surface area contributed by atoms with Gasteiger partial charge in [0.15, 0.2) is 5.58 Å². The number of fused-ring (bicyclic) bond motifs is 1. The van der Waals surface area contributed by atoms with Crippen molar-refractivity contribution in [2.45, 2.75) is 6.92 Å². The number of nitrogens with zero attached hydrogens (tertiary/aromatic N) is 1. The molecule has 1 aromatic heterocycles. The van der Waals surface area contributed by atoms with Gasteiger partial charge in [0, 0.05) is 17.0 Å². The number of aryl methyl sites for hydroxylation is 1. The quantitative estimate of drug-likeness (QED) is 0.580. The zero-order valence-corrected chi connectivity index (χ0v) is 12.2. The highest BCUT2D eigenvalue weighted by Gasteiger charge is 2.20. The van der Waals surface area contributed by atoms with E-state index in [1.807, 2.05) is 6.07 Å². The molecular formula is C18H11NO4. The van der Waals surface area contributed by atoms with E-state index in [-0.39, 0.29) is 22.5 Å². The standard InChI is InChI=1S/C18H11NO4/c1-10-7-15(21)23-18-13(10)5-6-14(20)16(18)17(22)12-4-2-3-11(8-12)9-19/h2-8,20H,1H3. The van der Waals surface area contributed by atoms with Gasteiger partial charge in [-0.1, -0.05) is 12.1 Å². The Morgan fingerprint density at radius 2 is 2.00 bits per heavy atom. The first-order valence-corrected chi connectivity index (χ1v) is 6.82. The van der Waals surface area contributed by atoms with E-state index in [4.69, 9.17) is 9.68 Å². The normalized spacial score (nSPS) is 10.4. The number of carbonyl (C=O) groups excluding carboxylic acids is 1. The monoisotopic (exact) mass is 305 g/mol. The Bertz CT molecular complexity index is 1040. The van der Waals surface area contributed by atoms with Crippen LogP contribution in [0.2, 0.25) is 0 Å². The first-order chi connectivity index (χ1) is 11.0. The summed E-state index contributed by atoms with van der Waals surface area (Å²) in [7, 11) is 0. The van der Waals surface area contributed by atoms with E-state index < -0.39 is 11.4 Å². The maximum absolute atomic E-state index is 12.7. The molecule has 0 saturated carbocycles. The number of phenolic OH excluding ortho intramolecular Hbond substituents is 1. The van der Waals surface area contributed by atoms with Crippen LogP contribution in [0.15, 0.2) is 51.7 Å². The van der Waals surface area contributed by atoms with Gasteiger partial charge in [-0.25, -0.2) is 4.79 Å². The molecule has 23 heavy (non-hydrogen) atoms. The number of nitriles is 1. The van der Waals surface area contributed by atoms with Gasteiger partial charge < -0.3 is 9.52 Å². The van der Waals surface area contributed by atoms with Crippen LogP contribution in [-0.2, 0) is 0 Å². The highest BCUT2D eigenvalue weighted by atomic mass is 16.4. The molecule has 0 radical (unpaired) electrons.